The van der Waals surface area contributed by atoms with Gasteiger partial charge in [0.15, 0.2) is 0 Å². The van der Waals surface area contributed by atoms with Crippen molar-refractivity contribution >= 4 is 16.9 Å². The molecule has 1 nitrogen and oxygen atoms in total. The van der Waals surface area contributed by atoms with Gasteiger partial charge in [0.05, 0.1) is 0 Å². The summed E-state index contributed by atoms with van der Waals surface area (Å²) in [6.45, 7) is 0. The Kier molecular flexibility index (Phi) is 1.81. The minimum Gasteiger partial charge on any atom is -0.367 e. The van der Waals surface area contributed by atoms with Crippen LogP contribution in [0.2, 0.25) is 0 Å². The molecule has 2 heterocycles. The molecule has 0 saturated carbocycles. The van der Waals surface area contributed by atoms with Gasteiger partial charge in [0, 0.05) is 22.8 Å². The maximum Gasteiger partial charge on any atom is 0.0378 e. The first kappa shape index (κ1) is 8.06. The van der Waals surface area contributed by atoms with Crippen LogP contribution in [-0.4, -0.2) is 4.98 Å². The number of aromatic nitrogens is 1. The van der Waals surface area contributed by atoms with E-state index in [0.29, 0.717) is 0 Å². The van der Waals surface area contributed by atoms with Gasteiger partial charge in [-0.3, -0.25) is 0 Å². The van der Waals surface area contributed by atoms with Crippen molar-refractivity contribution in [3.8, 4) is 0 Å². The molecule has 1 aliphatic carbocycles. The quantitative estimate of drug-likeness (QED) is 0.727. The van der Waals surface area contributed by atoms with E-state index in [1.54, 1.807) is 0 Å². The zero-order valence-electron chi connectivity index (χ0n) is 7.79. The smallest absolute Gasteiger partial charge is 0.0378 e. The van der Waals surface area contributed by atoms with E-state index in [4.69, 9.17) is 0 Å². The molecule has 0 atom stereocenters. The number of thiophene rings is 1. The highest BCUT2D eigenvalue weighted by Crippen LogP contribution is 2.35. The number of hydrogen-bond donors (Lipinski definition) is 1. The molecule has 0 spiro atoms. The van der Waals surface area contributed by atoms with Crippen molar-refractivity contribution in [1.82, 2.24) is 4.98 Å². The van der Waals surface area contributed by atoms with Gasteiger partial charge >= 0.3 is 0 Å². The van der Waals surface area contributed by atoms with Gasteiger partial charge in [-0.1, -0.05) is 6.08 Å². The molecule has 1 aliphatic rings. The zero-order valence-corrected chi connectivity index (χ0v) is 8.60. The fraction of sp³-hybridized carbons (Fsp3) is 0.167. The fourth-order valence-corrected chi connectivity index (χ4v) is 2.99. The highest BCUT2D eigenvalue weighted by Gasteiger charge is 2.14. The second-order valence-electron chi connectivity index (χ2n) is 3.53. The van der Waals surface area contributed by atoms with Crippen LogP contribution in [0, 0.1) is 0 Å². The van der Waals surface area contributed by atoms with Crippen molar-refractivity contribution in [2.24, 2.45) is 0 Å². The van der Waals surface area contributed by atoms with E-state index in [0.717, 1.165) is 0 Å². The minimum atomic E-state index is 1.17. The van der Waals surface area contributed by atoms with Crippen molar-refractivity contribution in [1.29, 1.82) is 0 Å². The second-order valence-corrected chi connectivity index (χ2v) is 4.45. The van der Waals surface area contributed by atoms with Crippen LogP contribution in [0.1, 0.15) is 22.4 Å². The molecule has 3 rings (SSSR count). The number of rotatable bonds is 1. The van der Waals surface area contributed by atoms with Crippen molar-refractivity contribution in [3.63, 3.8) is 0 Å². The van der Waals surface area contributed by atoms with Crippen LogP contribution in [0.15, 0.2) is 36.0 Å². The third-order valence-electron chi connectivity index (χ3n) is 2.66. The molecule has 70 valence electrons. The summed E-state index contributed by atoms with van der Waals surface area (Å²) in [6, 6.07) is 4.39. The number of hydrogen-bond acceptors (Lipinski definition) is 1. The van der Waals surface area contributed by atoms with Crippen LogP contribution in [0.3, 0.4) is 0 Å². The summed E-state index contributed by atoms with van der Waals surface area (Å²) in [5.41, 5.74) is 4.23. The largest absolute Gasteiger partial charge is 0.367 e. The minimum absolute atomic E-state index is 1.17. The number of aromatic amines is 1. The molecule has 2 aromatic rings. The first-order valence-corrected chi connectivity index (χ1v) is 5.73. The van der Waals surface area contributed by atoms with Gasteiger partial charge in [-0.05, 0) is 41.5 Å². The Morgan fingerprint density at radius 3 is 3.14 bits per heavy atom. The van der Waals surface area contributed by atoms with Crippen molar-refractivity contribution in [3.05, 3.63) is 52.0 Å². The molecule has 14 heavy (non-hydrogen) atoms. The van der Waals surface area contributed by atoms with Crippen LogP contribution < -0.4 is 0 Å². The van der Waals surface area contributed by atoms with Gasteiger partial charge in [0.2, 0.25) is 0 Å². The summed E-state index contributed by atoms with van der Waals surface area (Å²) in [5.74, 6) is 0. The number of fused-ring (bicyclic) bond motifs is 1. The third-order valence-corrected chi connectivity index (χ3v) is 3.65. The van der Waals surface area contributed by atoms with Gasteiger partial charge < -0.3 is 4.98 Å². The van der Waals surface area contributed by atoms with Crippen LogP contribution in [-0.2, 0) is 6.42 Å². The maximum atomic E-state index is 3.11. The van der Waals surface area contributed by atoms with Gasteiger partial charge in [0.25, 0.3) is 0 Å². The molecule has 0 bridgehead atoms. The maximum absolute atomic E-state index is 3.11. The summed E-state index contributed by atoms with van der Waals surface area (Å²) in [6.07, 6.45) is 8.78. The van der Waals surface area contributed by atoms with Crippen LogP contribution in [0.5, 0.6) is 0 Å². The van der Waals surface area contributed by atoms with E-state index < -0.39 is 0 Å². The lowest BCUT2D eigenvalue weighted by Gasteiger charge is -2.12. The molecular formula is C12H11NS. The monoisotopic (exact) mass is 201 g/mol. The Morgan fingerprint density at radius 2 is 2.29 bits per heavy atom. The highest BCUT2D eigenvalue weighted by atomic mass is 32.1. The van der Waals surface area contributed by atoms with Gasteiger partial charge in [-0.25, -0.2) is 0 Å². The first-order valence-electron chi connectivity index (χ1n) is 4.85. The molecule has 2 heteroatoms. The Balaban J connectivity index is 2.14. The lowest BCUT2D eigenvalue weighted by Crippen LogP contribution is -1.95. The van der Waals surface area contributed by atoms with E-state index in [1.807, 2.05) is 17.5 Å². The highest BCUT2D eigenvalue weighted by molar-refractivity contribution is 7.11. The molecule has 0 unspecified atom stereocenters. The lowest BCUT2D eigenvalue weighted by molar-refractivity contribution is 0.989. The van der Waals surface area contributed by atoms with Crippen LogP contribution in [0.25, 0.3) is 5.57 Å². The molecule has 0 aliphatic heterocycles. The van der Waals surface area contributed by atoms with Gasteiger partial charge in [0.1, 0.15) is 0 Å². The topological polar surface area (TPSA) is 15.8 Å². The predicted molar refractivity (Wildman–Crippen MR) is 60.5 cm³/mol. The average Bonchev–Trinajstić information content (AvgIpc) is 2.88. The molecule has 1 N–H and O–H groups in total. The Labute approximate surface area is 87.1 Å². The lowest BCUT2D eigenvalue weighted by atomic mass is 9.95. The summed E-state index contributed by atoms with van der Waals surface area (Å²) < 4.78 is 0. The van der Waals surface area contributed by atoms with E-state index in [2.05, 4.69) is 34.8 Å². The number of allylic oxidation sites excluding steroid dienone is 1. The summed E-state index contributed by atoms with van der Waals surface area (Å²) in [4.78, 5) is 4.57. The Hall–Kier alpha value is -1.28. The SMILES string of the molecule is C1=C(c2cc[nH]c2)c2sccc2CC1. The number of aryl methyl sites for hydroxylation is 1. The Bertz CT molecular complexity index is 462. The molecular weight excluding hydrogens is 190 g/mol. The van der Waals surface area contributed by atoms with Gasteiger partial charge in [-0.2, -0.15) is 0 Å². The molecule has 0 amide bonds. The predicted octanol–water partition coefficient (Wildman–Crippen LogP) is 3.45. The van der Waals surface area contributed by atoms with Crippen LogP contribution >= 0.6 is 11.3 Å². The molecule has 2 aromatic heterocycles. The van der Waals surface area contributed by atoms with E-state index >= 15 is 0 Å². The molecule has 0 saturated heterocycles. The normalized spacial score (nSPS) is 15.0. The van der Waals surface area contributed by atoms with Crippen molar-refractivity contribution < 1.29 is 0 Å². The average molecular weight is 201 g/mol. The molecule has 0 radical (unpaired) electrons. The fourth-order valence-electron chi connectivity index (χ4n) is 1.97. The van der Waals surface area contributed by atoms with Crippen LogP contribution in [0.4, 0.5) is 0 Å². The third kappa shape index (κ3) is 1.15. The standard InChI is InChI=1S/C12H11NS/c1-2-9-5-7-14-12(9)11(3-1)10-4-6-13-8-10/h3-8,13H,1-2H2. The zero-order chi connectivity index (χ0) is 9.38. The van der Waals surface area contributed by atoms with Crippen molar-refractivity contribution in [2.75, 3.05) is 0 Å². The molecule has 0 fully saturated rings. The summed E-state index contributed by atoms with van der Waals surface area (Å²) in [7, 11) is 0. The van der Waals surface area contributed by atoms with Crippen molar-refractivity contribution in [2.45, 2.75) is 12.8 Å². The first-order chi connectivity index (χ1) is 6.95. The summed E-state index contributed by atoms with van der Waals surface area (Å²) in [5, 5.41) is 2.19. The second kappa shape index (κ2) is 3.14. The number of H-pyrrole nitrogens is 1. The molecule has 0 aromatic carbocycles. The Morgan fingerprint density at radius 1 is 1.29 bits per heavy atom. The number of nitrogens with one attached hydrogen (secondary N) is 1. The van der Waals surface area contributed by atoms with E-state index in [1.165, 1.54) is 34.4 Å². The summed E-state index contributed by atoms with van der Waals surface area (Å²) >= 11 is 1.85. The van der Waals surface area contributed by atoms with E-state index in [9.17, 15) is 0 Å². The van der Waals surface area contributed by atoms with Gasteiger partial charge in [-0.15, -0.1) is 11.3 Å². The van der Waals surface area contributed by atoms with E-state index in [-0.39, 0.29) is 0 Å².